The Bertz CT molecular complexity index is 567. The minimum atomic E-state index is -0.251. The first-order valence-corrected chi connectivity index (χ1v) is 5.78. The van der Waals surface area contributed by atoms with Crippen molar-refractivity contribution in [3.8, 4) is 0 Å². The molecule has 0 aliphatic carbocycles. The summed E-state index contributed by atoms with van der Waals surface area (Å²) >= 11 is 5.95. The second-order valence-corrected chi connectivity index (χ2v) is 3.99. The van der Waals surface area contributed by atoms with Crippen LogP contribution in [0.3, 0.4) is 0 Å². The zero-order valence-corrected chi connectivity index (χ0v) is 10.3. The highest BCUT2D eigenvalue weighted by Gasteiger charge is 2.01. The standard InChI is InChI=1S/C14H11ClN2O/c15-13-9-5-4-8-12(13)10-16-17-14(18)11-6-2-1-3-7-11/h1-10H,(H,17,18)/b16-10-. The molecule has 18 heavy (non-hydrogen) atoms. The van der Waals surface area contributed by atoms with Gasteiger partial charge in [-0.1, -0.05) is 48.0 Å². The van der Waals surface area contributed by atoms with E-state index in [1.54, 1.807) is 30.3 Å². The van der Waals surface area contributed by atoms with Crippen molar-refractivity contribution in [2.45, 2.75) is 0 Å². The Kier molecular flexibility index (Phi) is 4.10. The Morgan fingerprint density at radius 1 is 1.06 bits per heavy atom. The van der Waals surface area contributed by atoms with Gasteiger partial charge in [-0.3, -0.25) is 4.79 Å². The van der Waals surface area contributed by atoms with E-state index >= 15 is 0 Å². The summed E-state index contributed by atoms with van der Waals surface area (Å²) in [7, 11) is 0. The molecule has 0 saturated carbocycles. The molecule has 2 aromatic carbocycles. The number of rotatable bonds is 3. The number of amides is 1. The average Bonchev–Trinajstić information content (AvgIpc) is 2.42. The van der Waals surface area contributed by atoms with Crippen LogP contribution in [0.25, 0.3) is 0 Å². The molecule has 4 heteroatoms. The molecule has 0 heterocycles. The second-order valence-electron chi connectivity index (χ2n) is 3.59. The smallest absolute Gasteiger partial charge is 0.267 e. The van der Waals surface area contributed by atoms with E-state index < -0.39 is 0 Å². The van der Waals surface area contributed by atoms with E-state index in [1.807, 2.05) is 24.3 Å². The molecule has 0 atom stereocenters. The Balaban J connectivity index is 2.00. The number of benzene rings is 2. The number of carbonyl (C=O) groups excluding carboxylic acids is 1. The lowest BCUT2D eigenvalue weighted by Crippen LogP contribution is -2.17. The van der Waals surface area contributed by atoms with Gasteiger partial charge >= 0.3 is 0 Å². The van der Waals surface area contributed by atoms with Gasteiger partial charge in [-0.2, -0.15) is 5.10 Å². The summed E-state index contributed by atoms with van der Waals surface area (Å²) in [5.41, 5.74) is 3.77. The molecule has 0 unspecified atom stereocenters. The average molecular weight is 259 g/mol. The van der Waals surface area contributed by atoms with Crippen molar-refractivity contribution < 1.29 is 4.79 Å². The third-order valence-corrected chi connectivity index (χ3v) is 2.66. The topological polar surface area (TPSA) is 41.5 Å². The number of hydrogen-bond donors (Lipinski definition) is 1. The molecule has 0 fully saturated rings. The summed E-state index contributed by atoms with van der Waals surface area (Å²) in [6.45, 7) is 0. The lowest BCUT2D eigenvalue weighted by Gasteiger charge is -1.99. The maximum absolute atomic E-state index is 11.7. The second kappa shape index (κ2) is 5.98. The lowest BCUT2D eigenvalue weighted by molar-refractivity contribution is 0.0955. The normalized spacial score (nSPS) is 10.5. The van der Waals surface area contributed by atoms with Gasteiger partial charge in [0.2, 0.25) is 0 Å². The van der Waals surface area contributed by atoms with E-state index in [4.69, 9.17) is 11.6 Å². The van der Waals surface area contributed by atoms with Crippen molar-refractivity contribution in [3.05, 3.63) is 70.7 Å². The van der Waals surface area contributed by atoms with Gasteiger partial charge in [0.25, 0.3) is 5.91 Å². The van der Waals surface area contributed by atoms with Gasteiger partial charge in [-0.15, -0.1) is 0 Å². The van der Waals surface area contributed by atoms with Crippen molar-refractivity contribution in [1.29, 1.82) is 0 Å². The van der Waals surface area contributed by atoms with Gasteiger partial charge < -0.3 is 0 Å². The van der Waals surface area contributed by atoms with Crippen molar-refractivity contribution in [1.82, 2.24) is 5.43 Å². The van der Waals surface area contributed by atoms with Crippen molar-refractivity contribution >= 4 is 23.7 Å². The number of carbonyl (C=O) groups is 1. The van der Waals surface area contributed by atoms with Crippen LogP contribution in [-0.2, 0) is 0 Å². The summed E-state index contributed by atoms with van der Waals surface area (Å²) in [4.78, 5) is 11.7. The summed E-state index contributed by atoms with van der Waals surface area (Å²) in [5, 5.41) is 4.46. The molecule has 1 amide bonds. The number of hydrogen-bond acceptors (Lipinski definition) is 2. The predicted molar refractivity (Wildman–Crippen MR) is 73.0 cm³/mol. The molecule has 0 saturated heterocycles. The zero-order valence-electron chi connectivity index (χ0n) is 9.51. The van der Waals surface area contributed by atoms with Crippen LogP contribution < -0.4 is 5.43 Å². The van der Waals surface area contributed by atoms with Crippen LogP contribution in [0.5, 0.6) is 0 Å². The van der Waals surface area contributed by atoms with Crippen molar-refractivity contribution in [2.75, 3.05) is 0 Å². The van der Waals surface area contributed by atoms with Crippen LogP contribution in [0, 0.1) is 0 Å². The zero-order chi connectivity index (χ0) is 12.8. The molecular formula is C14H11ClN2O. The SMILES string of the molecule is O=C(N/N=C\c1ccccc1Cl)c1ccccc1. The number of hydrazone groups is 1. The molecule has 1 N–H and O–H groups in total. The third kappa shape index (κ3) is 3.18. The molecule has 2 aromatic rings. The quantitative estimate of drug-likeness (QED) is 0.667. The minimum absolute atomic E-state index is 0.251. The fourth-order valence-corrected chi connectivity index (χ4v) is 1.58. The maximum atomic E-state index is 11.7. The van der Waals surface area contributed by atoms with Crippen LogP contribution >= 0.6 is 11.6 Å². The van der Waals surface area contributed by atoms with E-state index in [0.717, 1.165) is 5.56 Å². The Morgan fingerprint density at radius 3 is 2.44 bits per heavy atom. The van der Waals surface area contributed by atoms with Crippen LogP contribution in [0.1, 0.15) is 15.9 Å². The fraction of sp³-hybridized carbons (Fsp3) is 0. The van der Waals surface area contributed by atoms with Crippen LogP contribution in [0.4, 0.5) is 0 Å². The summed E-state index contributed by atoms with van der Waals surface area (Å²) in [6.07, 6.45) is 1.52. The van der Waals surface area contributed by atoms with E-state index in [1.165, 1.54) is 6.21 Å². The first-order chi connectivity index (χ1) is 8.77. The summed E-state index contributed by atoms with van der Waals surface area (Å²) in [6, 6.07) is 16.2. The largest absolute Gasteiger partial charge is 0.271 e. The summed E-state index contributed by atoms with van der Waals surface area (Å²) in [5.74, 6) is -0.251. The van der Waals surface area contributed by atoms with Crippen LogP contribution in [0.2, 0.25) is 5.02 Å². The van der Waals surface area contributed by atoms with Gasteiger partial charge in [-0.05, 0) is 18.2 Å². The molecule has 0 radical (unpaired) electrons. The molecule has 3 nitrogen and oxygen atoms in total. The third-order valence-electron chi connectivity index (χ3n) is 2.31. The lowest BCUT2D eigenvalue weighted by atomic mass is 10.2. The number of nitrogens with zero attached hydrogens (tertiary/aromatic N) is 1. The molecular weight excluding hydrogens is 248 g/mol. The predicted octanol–water partition coefficient (Wildman–Crippen LogP) is 3.10. The van der Waals surface area contributed by atoms with E-state index in [0.29, 0.717) is 10.6 Å². The van der Waals surface area contributed by atoms with E-state index in [9.17, 15) is 4.79 Å². The Hall–Kier alpha value is -2.13. The van der Waals surface area contributed by atoms with Gasteiger partial charge in [0, 0.05) is 16.1 Å². The molecule has 0 spiro atoms. The molecule has 90 valence electrons. The Morgan fingerprint density at radius 2 is 1.72 bits per heavy atom. The highest BCUT2D eigenvalue weighted by atomic mass is 35.5. The van der Waals surface area contributed by atoms with E-state index in [-0.39, 0.29) is 5.91 Å². The Labute approximate surface area is 110 Å². The number of halogens is 1. The van der Waals surface area contributed by atoms with Gasteiger partial charge in [0.15, 0.2) is 0 Å². The molecule has 0 aromatic heterocycles. The summed E-state index contributed by atoms with van der Waals surface area (Å²) < 4.78 is 0. The highest BCUT2D eigenvalue weighted by Crippen LogP contribution is 2.12. The van der Waals surface area contributed by atoms with Crippen molar-refractivity contribution in [3.63, 3.8) is 0 Å². The van der Waals surface area contributed by atoms with Gasteiger partial charge in [-0.25, -0.2) is 5.43 Å². The molecule has 0 aliphatic heterocycles. The highest BCUT2D eigenvalue weighted by molar-refractivity contribution is 6.33. The fourth-order valence-electron chi connectivity index (χ4n) is 1.39. The minimum Gasteiger partial charge on any atom is -0.267 e. The molecule has 0 aliphatic rings. The van der Waals surface area contributed by atoms with Crippen molar-refractivity contribution in [2.24, 2.45) is 5.10 Å². The van der Waals surface area contributed by atoms with Crippen LogP contribution in [-0.4, -0.2) is 12.1 Å². The van der Waals surface area contributed by atoms with Gasteiger partial charge in [0.05, 0.1) is 6.21 Å². The first-order valence-electron chi connectivity index (χ1n) is 5.40. The van der Waals surface area contributed by atoms with Crippen LogP contribution in [0.15, 0.2) is 59.7 Å². The molecule has 2 rings (SSSR count). The van der Waals surface area contributed by atoms with Gasteiger partial charge in [0.1, 0.15) is 0 Å². The number of nitrogens with one attached hydrogen (secondary N) is 1. The molecule has 0 bridgehead atoms. The first kappa shape index (κ1) is 12.3. The maximum Gasteiger partial charge on any atom is 0.271 e. The monoisotopic (exact) mass is 258 g/mol. The van der Waals surface area contributed by atoms with E-state index in [2.05, 4.69) is 10.5 Å².